The lowest BCUT2D eigenvalue weighted by atomic mass is 10.1. The van der Waals surface area contributed by atoms with Crippen molar-refractivity contribution >= 4 is 21.6 Å². The molecular formula is C14H21BrN2. The molecule has 0 saturated heterocycles. The van der Waals surface area contributed by atoms with Crippen molar-refractivity contribution in [2.75, 3.05) is 18.5 Å². The lowest BCUT2D eigenvalue weighted by Crippen LogP contribution is -2.20. The SMILES string of the molecule is CC(N)c1ccc(N(C)CC2CC2C)cc1Br. The van der Waals surface area contributed by atoms with E-state index in [1.165, 1.54) is 17.7 Å². The van der Waals surface area contributed by atoms with Gasteiger partial charge in [0.05, 0.1) is 0 Å². The van der Waals surface area contributed by atoms with Crippen LogP contribution >= 0.6 is 15.9 Å². The average molecular weight is 297 g/mol. The molecule has 3 heteroatoms. The predicted octanol–water partition coefficient (Wildman–Crippen LogP) is 3.56. The molecule has 2 rings (SSSR count). The number of hydrogen-bond acceptors (Lipinski definition) is 2. The Labute approximate surface area is 112 Å². The summed E-state index contributed by atoms with van der Waals surface area (Å²) in [4.78, 5) is 2.34. The van der Waals surface area contributed by atoms with Gasteiger partial charge >= 0.3 is 0 Å². The first-order valence-electron chi connectivity index (χ1n) is 6.25. The summed E-state index contributed by atoms with van der Waals surface area (Å²) in [7, 11) is 2.17. The van der Waals surface area contributed by atoms with Crippen LogP contribution in [0.25, 0.3) is 0 Å². The fourth-order valence-electron chi connectivity index (χ4n) is 2.23. The monoisotopic (exact) mass is 296 g/mol. The van der Waals surface area contributed by atoms with Crippen molar-refractivity contribution in [2.24, 2.45) is 17.6 Å². The fraction of sp³-hybridized carbons (Fsp3) is 0.571. The summed E-state index contributed by atoms with van der Waals surface area (Å²) < 4.78 is 1.11. The van der Waals surface area contributed by atoms with E-state index >= 15 is 0 Å². The van der Waals surface area contributed by atoms with Gasteiger partial charge in [-0.3, -0.25) is 0 Å². The molecule has 0 spiro atoms. The zero-order valence-electron chi connectivity index (χ0n) is 10.8. The van der Waals surface area contributed by atoms with Crippen LogP contribution in [0.1, 0.15) is 31.9 Å². The average Bonchev–Trinajstić information content (AvgIpc) is 2.93. The molecule has 0 aromatic heterocycles. The van der Waals surface area contributed by atoms with Crippen LogP contribution in [-0.4, -0.2) is 13.6 Å². The minimum absolute atomic E-state index is 0.0761. The third-order valence-corrected chi connectivity index (χ3v) is 4.39. The van der Waals surface area contributed by atoms with Gasteiger partial charge < -0.3 is 10.6 Å². The van der Waals surface area contributed by atoms with E-state index in [2.05, 4.69) is 53.0 Å². The first kappa shape index (κ1) is 12.9. The quantitative estimate of drug-likeness (QED) is 0.920. The molecule has 1 aromatic rings. The molecule has 94 valence electrons. The van der Waals surface area contributed by atoms with Crippen molar-refractivity contribution in [3.05, 3.63) is 28.2 Å². The zero-order valence-corrected chi connectivity index (χ0v) is 12.4. The number of nitrogens with two attached hydrogens (primary N) is 1. The van der Waals surface area contributed by atoms with Crippen LogP contribution in [0, 0.1) is 11.8 Å². The summed E-state index contributed by atoms with van der Waals surface area (Å²) in [5.41, 5.74) is 8.34. The minimum atomic E-state index is 0.0761. The third kappa shape index (κ3) is 3.02. The second-order valence-electron chi connectivity index (χ2n) is 5.35. The van der Waals surface area contributed by atoms with Gasteiger partial charge in [0.1, 0.15) is 0 Å². The van der Waals surface area contributed by atoms with E-state index in [4.69, 9.17) is 5.73 Å². The summed E-state index contributed by atoms with van der Waals surface area (Å²) in [5.74, 6) is 1.79. The topological polar surface area (TPSA) is 29.3 Å². The van der Waals surface area contributed by atoms with Crippen LogP contribution in [0.15, 0.2) is 22.7 Å². The standard InChI is InChI=1S/C14H21BrN2/c1-9-6-11(9)8-17(3)12-4-5-13(10(2)16)14(15)7-12/h4-5,7,9-11H,6,8,16H2,1-3H3. The van der Waals surface area contributed by atoms with Crippen LogP contribution in [0.3, 0.4) is 0 Å². The summed E-state index contributed by atoms with van der Waals surface area (Å²) >= 11 is 3.60. The molecule has 0 heterocycles. The van der Waals surface area contributed by atoms with Gasteiger partial charge in [-0.15, -0.1) is 0 Å². The molecular weight excluding hydrogens is 276 g/mol. The molecule has 1 fully saturated rings. The van der Waals surface area contributed by atoms with E-state index < -0.39 is 0 Å². The van der Waals surface area contributed by atoms with Gasteiger partial charge in [-0.25, -0.2) is 0 Å². The maximum Gasteiger partial charge on any atom is 0.0375 e. The largest absolute Gasteiger partial charge is 0.374 e. The molecule has 3 unspecified atom stereocenters. The second kappa shape index (κ2) is 4.99. The summed E-state index contributed by atoms with van der Waals surface area (Å²) in [6.07, 6.45) is 1.38. The van der Waals surface area contributed by atoms with Gasteiger partial charge in [-0.2, -0.15) is 0 Å². The number of rotatable bonds is 4. The Hall–Kier alpha value is -0.540. The molecule has 2 nitrogen and oxygen atoms in total. The van der Waals surface area contributed by atoms with Crippen molar-refractivity contribution in [3.63, 3.8) is 0 Å². The van der Waals surface area contributed by atoms with Gasteiger partial charge in [0.25, 0.3) is 0 Å². The van der Waals surface area contributed by atoms with E-state index in [1.54, 1.807) is 0 Å². The Balaban J connectivity index is 2.08. The van der Waals surface area contributed by atoms with Gasteiger partial charge in [0, 0.05) is 29.8 Å². The molecule has 2 N–H and O–H groups in total. The summed E-state index contributed by atoms with van der Waals surface area (Å²) in [6, 6.07) is 6.53. The lowest BCUT2D eigenvalue weighted by Gasteiger charge is -2.21. The number of anilines is 1. The van der Waals surface area contributed by atoms with Gasteiger partial charge in [-0.1, -0.05) is 28.9 Å². The molecule has 0 amide bonds. The highest BCUT2D eigenvalue weighted by molar-refractivity contribution is 9.10. The van der Waals surface area contributed by atoms with E-state index in [0.29, 0.717) is 0 Å². The number of nitrogens with zero attached hydrogens (tertiary/aromatic N) is 1. The number of hydrogen-bond donors (Lipinski definition) is 1. The summed E-state index contributed by atoms with van der Waals surface area (Å²) in [6.45, 7) is 5.49. The Morgan fingerprint density at radius 1 is 1.53 bits per heavy atom. The highest BCUT2D eigenvalue weighted by Gasteiger charge is 2.33. The third-order valence-electron chi connectivity index (χ3n) is 3.70. The van der Waals surface area contributed by atoms with Crippen molar-refractivity contribution in [3.8, 4) is 0 Å². The fourth-order valence-corrected chi connectivity index (χ4v) is 2.96. The van der Waals surface area contributed by atoms with Crippen molar-refractivity contribution in [2.45, 2.75) is 26.3 Å². The Morgan fingerprint density at radius 2 is 2.18 bits per heavy atom. The van der Waals surface area contributed by atoms with Crippen molar-refractivity contribution in [1.82, 2.24) is 0 Å². The number of benzene rings is 1. The van der Waals surface area contributed by atoms with Crippen LogP contribution in [-0.2, 0) is 0 Å². The predicted molar refractivity (Wildman–Crippen MR) is 77.3 cm³/mol. The first-order chi connectivity index (χ1) is 7.99. The van der Waals surface area contributed by atoms with Crippen LogP contribution in [0.2, 0.25) is 0 Å². The van der Waals surface area contributed by atoms with Crippen molar-refractivity contribution < 1.29 is 0 Å². The molecule has 1 saturated carbocycles. The van der Waals surface area contributed by atoms with E-state index in [1.807, 2.05) is 6.92 Å². The van der Waals surface area contributed by atoms with Gasteiger partial charge in [-0.05, 0) is 42.9 Å². The minimum Gasteiger partial charge on any atom is -0.374 e. The Bertz CT molecular complexity index is 403. The molecule has 1 aromatic carbocycles. The Morgan fingerprint density at radius 3 is 2.65 bits per heavy atom. The highest BCUT2D eigenvalue weighted by atomic mass is 79.9. The Kier molecular flexibility index (Phi) is 3.79. The smallest absolute Gasteiger partial charge is 0.0375 e. The molecule has 0 radical (unpaired) electrons. The molecule has 1 aliphatic rings. The van der Waals surface area contributed by atoms with Gasteiger partial charge in [0.2, 0.25) is 0 Å². The maximum atomic E-state index is 5.91. The second-order valence-corrected chi connectivity index (χ2v) is 6.20. The zero-order chi connectivity index (χ0) is 12.6. The van der Waals surface area contributed by atoms with Gasteiger partial charge in [0.15, 0.2) is 0 Å². The molecule has 3 atom stereocenters. The normalized spacial score (nSPS) is 24.5. The first-order valence-corrected chi connectivity index (χ1v) is 7.04. The summed E-state index contributed by atoms with van der Waals surface area (Å²) in [5, 5.41) is 0. The lowest BCUT2D eigenvalue weighted by molar-refractivity contribution is 0.724. The van der Waals surface area contributed by atoms with Crippen LogP contribution in [0.5, 0.6) is 0 Å². The molecule has 0 aliphatic heterocycles. The molecule has 17 heavy (non-hydrogen) atoms. The number of halogens is 1. The maximum absolute atomic E-state index is 5.91. The van der Waals surface area contributed by atoms with E-state index in [-0.39, 0.29) is 6.04 Å². The molecule has 0 bridgehead atoms. The van der Waals surface area contributed by atoms with Crippen LogP contribution < -0.4 is 10.6 Å². The molecule has 1 aliphatic carbocycles. The van der Waals surface area contributed by atoms with Crippen molar-refractivity contribution in [1.29, 1.82) is 0 Å². The van der Waals surface area contributed by atoms with E-state index in [0.717, 1.165) is 22.9 Å². The highest BCUT2D eigenvalue weighted by Crippen LogP contribution is 2.39. The van der Waals surface area contributed by atoms with Crippen LogP contribution in [0.4, 0.5) is 5.69 Å². The van der Waals surface area contributed by atoms with E-state index in [9.17, 15) is 0 Å².